The van der Waals surface area contributed by atoms with Crippen molar-refractivity contribution < 1.29 is 4.79 Å². The molecule has 0 aliphatic rings. The van der Waals surface area contributed by atoms with Crippen LogP contribution in [0.5, 0.6) is 0 Å². The molecule has 0 spiro atoms. The number of fused-ring (bicyclic) bond motifs is 1. The van der Waals surface area contributed by atoms with Crippen LogP contribution in [0.15, 0.2) is 47.3 Å². The van der Waals surface area contributed by atoms with E-state index in [9.17, 15) is 9.59 Å². The van der Waals surface area contributed by atoms with Gasteiger partial charge in [-0.1, -0.05) is 44.2 Å². The number of carbonyl (C=O) groups excluding carboxylic acids is 1. The Morgan fingerprint density at radius 2 is 1.85 bits per heavy atom. The normalized spacial score (nSPS) is 11.0. The SMILES string of the molecule is Cc1cc(C(C)C)ccc1NC(=O)NCc1nn(C)c(=O)c2ccccc12. The van der Waals surface area contributed by atoms with Gasteiger partial charge in [-0.2, -0.15) is 5.10 Å². The van der Waals surface area contributed by atoms with E-state index in [4.69, 9.17) is 0 Å². The van der Waals surface area contributed by atoms with Crippen LogP contribution in [0.25, 0.3) is 10.8 Å². The van der Waals surface area contributed by atoms with E-state index in [1.165, 1.54) is 10.2 Å². The maximum Gasteiger partial charge on any atom is 0.319 e. The monoisotopic (exact) mass is 364 g/mol. The van der Waals surface area contributed by atoms with Crippen LogP contribution in [0.2, 0.25) is 0 Å². The molecule has 0 aliphatic heterocycles. The van der Waals surface area contributed by atoms with Gasteiger partial charge in [0.2, 0.25) is 0 Å². The molecule has 0 fully saturated rings. The molecule has 0 saturated carbocycles. The molecule has 0 atom stereocenters. The molecular formula is C21H24N4O2. The summed E-state index contributed by atoms with van der Waals surface area (Å²) >= 11 is 0. The van der Waals surface area contributed by atoms with E-state index in [-0.39, 0.29) is 18.1 Å². The van der Waals surface area contributed by atoms with E-state index in [1.54, 1.807) is 13.1 Å². The smallest absolute Gasteiger partial charge is 0.319 e. The number of nitrogens with one attached hydrogen (secondary N) is 2. The van der Waals surface area contributed by atoms with Crippen LogP contribution in [0.1, 0.15) is 36.6 Å². The van der Waals surface area contributed by atoms with Gasteiger partial charge in [0.25, 0.3) is 5.56 Å². The van der Waals surface area contributed by atoms with Crippen molar-refractivity contribution in [1.29, 1.82) is 0 Å². The molecule has 1 heterocycles. The summed E-state index contributed by atoms with van der Waals surface area (Å²) in [5, 5.41) is 11.3. The zero-order valence-corrected chi connectivity index (χ0v) is 16.0. The molecule has 2 amide bonds. The molecule has 6 nitrogen and oxygen atoms in total. The number of urea groups is 1. The molecule has 0 saturated heterocycles. The highest BCUT2D eigenvalue weighted by atomic mass is 16.2. The van der Waals surface area contributed by atoms with Gasteiger partial charge in [-0.15, -0.1) is 0 Å². The Morgan fingerprint density at radius 1 is 1.15 bits per heavy atom. The van der Waals surface area contributed by atoms with Gasteiger partial charge < -0.3 is 10.6 Å². The first-order valence-corrected chi connectivity index (χ1v) is 8.97. The van der Waals surface area contributed by atoms with Gasteiger partial charge in [0, 0.05) is 18.1 Å². The number of rotatable bonds is 4. The van der Waals surface area contributed by atoms with Crippen LogP contribution < -0.4 is 16.2 Å². The number of aromatic nitrogens is 2. The Labute approximate surface area is 158 Å². The number of amides is 2. The summed E-state index contributed by atoms with van der Waals surface area (Å²) in [7, 11) is 1.61. The van der Waals surface area contributed by atoms with Gasteiger partial charge in [0.05, 0.1) is 17.6 Å². The van der Waals surface area contributed by atoms with Gasteiger partial charge in [0.15, 0.2) is 0 Å². The van der Waals surface area contributed by atoms with Crippen molar-refractivity contribution in [1.82, 2.24) is 15.1 Å². The molecule has 2 aromatic carbocycles. The Kier molecular flexibility index (Phi) is 5.26. The maximum atomic E-state index is 12.3. The molecule has 0 aliphatic carbocycles. The van der Waals surface area contributed by atoms with Gasteiger partial charge >= 0.3 is 6.03 Å². The van der Waals surface area contributed by atoms with E-state index in [1.807, 2.05) is 37.3 Å². The van der Waals surface area contributed by atoms with Crippen molar-refractivity contribution in [3.8, 4) is 0 Å². The molecule has 27 heavy (non-hydrogen) atoms. The zero-order chi connectivity index (χ0) is 19.6. The van der Waals surface area contributed by atoms with Gasteiger partial charge in [-0.05, 0) is 36.1 Å². The summed E-state index contributed by atoms with van der Waals surface area (Å²) in [6, 6.07) is 13.0. The number of aryl methyl sites for hydroxylation is 2. The average molecular weight is 364 g/mol. The lowest BCUT2D eigenvalue weighted by molar-refractivity contribution is 0.251. The molecule has 3 rings (SSSR count). The Bertz CT molecular complexity index is 1050. The Morgan fingerprint density at radius 3 is 2.52 bits per heavy atom. The molecule has 3 aromatic rings. The standard InChI is InChI=1S/C21H24N4O2/c1-13(2)15-9-10-18(14(3)11-15)23-21(27)22-12-19-16-7-5-6-8-17(16)20(26)25(4)24-19/h5-11,13H,12H2,1-4H3,(H2,22,23,27). The van der Waals surface area contributed by atoms with Crippen LogP contribution in [-0.4, -0.2) is 15.8 Å². The zero-order valence-electron chi connectivity index (χ0n) is 16.0. The third-order valence-electron chi connectivity index (χ3n) is 4.61. The van der Waals surface area contributed by atoms with Crippen LogP contribution >= 0.6 is 0 Å². The van der Waals surface area contributed by atoms with Crippen molar-refractivity contribution in [3.63, 3.8) is 0 Å². The van der Waals surface area contributed by atoms with Crippen LogP contribution in [0.4, 0.5) is 10.5 Å². The minimum atomic E-state index is -0.310. The first kappa shape index (κ1) is 18.6. The molecule has 140 valence electrons. The molecule has 6 heteroatoms. The van der Waals surface area contributed by atoms with Crippen LogP contribution in [0.3, 0.4) is 0 Å². The lowest BCUT2D eigenvalue weighted by atomic mass is 10.0. The minimum Gasteiger partial charge on any atom is -0.332 e. The highest BCUT2D eigenvalue weighted by molar-refractivity contribution is 5.90. The average Bonchev–Trinajstić information content (AvgIpc) is 2.65. The third-order valence-corrected chi connectivity index (χ3v) is 4.61. The summed E-state index contributed by atoms with van der Waals surface area (Å²) in [5.74, 6) is 0.440. The van der Waals surface area contributed by atoms with Crippen molar-refractivity contribution in [2.24, 2.45) is 7.05 Å². The second kappa shape index (κ2) is 7.61. The lowest BCUT2D eigenvalue weighted by Crippen LogP contribution is -2.30. The predicted octanol–water partition coefficient (Wildman–Crippen LogP) is 3.69. The second-order valence-electron chi connectivity index (χ2n) is 6.96. The van der Waals surface area contributed by atoms with Crippen LogP contribution in [-0.2, 0) is 13.6 Å². The number of hydrogen-bond acceptors (Lipinski definition) is 3. The first-order chi connectivity index (χ1) is 12.9. The van der Waals surface area contributed by atoms with E-state index in [0.717, 1.165) is 16.6 Å². The quantitative estimate of drug-likeness (QED) is 0.741. The predicted molar refractivity (Wildman–Crippen MR) is 108 cm³/mol. The lowest BCUT2D eigenvalue weighted by Gasteiger charge is -2.13. The van der Waals surface area contributed by atoms with Crippen molar-refractivity contribution in [2.75, 3.05) is 5.32 Å². The van der Waals surface area contributed by atoms with Gasteiger partial charge in [-0.3, -0.25) is 4.79 Å². The van der Waals surface area contributed by atoms with E-state index < -0.39 is 0 Å². The van der Waals surface area contributed by atoms with E-state index in [2.05, 4.69) is 35.6 Å². The Balaban J connectivity index is 1.74. The van der Waals surface area contributed by atoms with Crippen molar-refractivity contribution >= 4 is 22.5 Å². The molecular weight excluding hydrogens is 340 g/mol. The number of anilines is 1. The molecule has 2 N–H and O–H groups in total. The maximum absolute atomic E-state index is 12.3. The first-order valence-electron chi connectivity index (χ1n) is 8.97. The number of hydrogen-bond donors (Lipinski definition) is 2. The number of carbonyl (C=O) groups is 1. The summed E-state index contributed by atoms with van der Waals surface area (Å²) in [6.45, 7) is 6.48. The van der Waals surface area contributed by atoms with Crippen LogP contribution in [0, 0.1) is 6.92 Å². The van der Waals surface area contributed by atoms with E-state index >= 15 is 0 Å². The second-order valence-corrected chi connectivity index (χ2v) is 6.96. The molecule has 0 bridgehead atoms. The summed E-state index contributed by atoms with van der Waals surface area (Å²) in [4.78, 5) is 24.5. The summed E-state index contributed by atoms with van der Waals surface area (Å²) in [6.07, 6.45) is 0. The fourth-order valence-corrected chi connectivity index (χ4v) is 3.02. The van der Waals surface area contributed by atoms with Crippen molar-refractivity contribution in [3.05, 3.63) is 69.6 Å². The fourth-order valence-electron chi connectivity index (χ4n) is 3.02. The van der Waals surface area contributed by atoms with Gasteiger partial charge in [0.1, 0.15) is 0 Å². The minimum absolute atomic E-state index is 0.153. The van der Waals surface area contributed by atoms with Gasteiger partial charge in [-0.25, -0.2) is 9.48 Å². The topological polar surface area (TPSA) is 76.0 Å². The number of nitrogens with zero attached hydrogens (tertiary/aromatic N) is 2. The molecule has 1 aromatic heterocycles. The highest BCUT2D eigenvalue weighted by Crippen LogP contribution is 2.21. The Hall–Kier alpha value is -3.15. The largest absolute Gasteiger partial charge is 0.332 e. The fraction of sp³-hybridized carbons (Fsp3) is 0.286. The molecule has 0 unspecified atom stereocenters. The van der Waals surface area contributed by atoms with Crippen molar-refractivity contribution in [2.45, 2.75) is 33.2 Å². The number of benzene rings is 2. The summed E-state index contributed by atoms with van der Waals surface area (Å²) < 4.78 is 1.30. The summed E-state index contributed by atoms with van der Waals surface area (Å²) in [5.41, 5.74) is 3.52. The highest BCUT2D eigenvalue weighted by Gasteiger charge is 2.11. The third kappa shape index (κ3) is 4.00. The van der Waals surface area contributed by atoms with E-state index in [0.29, 0.717) is 17.0 Å². The molecule has 0 radical (unpaired) electrons.